The van der Waals surface area contributed by atoms with E-state index in [4.69, 9.17) is 0 Å². The van der Waals surface area contributed by atoms with E-state index in [1.165, 1.54) is 24.8 Å². The quantitative estimate of drug-likeness (QED) is 0.851. The maximum Gasteiger partial charge on any atom is 0.0524 e. The molecule has 0 amide bonds. The van der Waals surface area contributed by atoms with E-state index in [0.717, 1.165) is 25.4 Å². The van der Waals surface area contributed by atoms with Crippen molar-refractivity contribution in [2.75, 3.05) is 6.54 Å². The Labute approximate surface area is 130 Å². The van der Waals surface area contributed by atoms with Crippen molar-refractivity contribution in [2.45, 2.75) is 78.8 Å². The van der Waals surface area contributed by atoms with Gasteiger partial charge < -0.3 is 5.32 Å². The third-order valence-electron chi connectivity index (χ3n) is 4.86. The second kappa shape index (κ2) is 6.95. The molecule has 0 radical (unpaired) electrons. The van der Waals surface area contributed by atoms with Crippen LogP contribution in [0, 0.1) is 11.3 Å². The zero-order valence-electron chi connectivity index (χ0n) is 14.5. The van der Waals surface area contributed by atoms with Crippen LogP contribution in [0.3, 0.4) is 0 Å². The lowest BCUT2D eigenvalue weighted by molar-refractivity contribution is 0.158. The van der Waals surface area contributed by atoms with Crippen molar-refractivity contribution in [1.82, 2.24) is 15.1 Å². The van der Waals surface area contributed by atoms with Crippen LogP contribution in [0.15, 0.2) is 12.4 Å². The lowest BCUT2D eigenvalue weighted by Gasteiger charge is -2.41. The van der Waals surface area contributed by atoms with Gasteiger partial charge in [0.25, 0.3) is 0 Å². The monoisotopic (exact) mass is 291 g/mol. The molecule has 0 saturated heterocycles. The molecule has 2 unspecified atom stereocenters. The first-order chi connectivity index (χ1) is 9.91. The zero-order chi connectivity index (χ0) is 15.5. The molecule has 1 aliphatic rings. The summed E-state index contributed by atoms with van der Waals surface area (Å²) in [6, 6.07) is 0.573. The fourth-order valence-corrected chi connectivity index (χ4v) is 3.59. The third-order valence-corrected chi connectivity index (χ3v) is 4.86. The van der Waals surface area contributed by atoms with Crippen LogP contribution >= 0.6 is 0 Å². The Morgan fingerprint density at radius 2 is 2.19 bits per heavy atom. The average molecular weight is 291 g/mol. The predicted molar refractivity (Wildman–Crippen MR) is 89.5 cm³/mol. The van der Waals surface area contributed by atoms with E-state index in [1.54, 1.807) is 0 Å². The topological polar surface area (TPSA) is 29.9 Å². The summed E-state index contributed by atoms with van der Waals surface area (Å²) in [4.78, 5) is 0. The molecule has 21 heavy (non-hydrogen) atoms. The first kappa shape index (κ1) is 16.5. The van der Waals surface area contributed by atoms with Crippen LogP contribution in [0.25, 0.3) is 0 Å². The first-order valence-electron chi connectivity index (χ1n) is 8.67. The highest BCUT2D eigenvalue weighted by molar-refractivity contribution is 5.15. The lowest BCUT2D eigenvalue weighted by atomic mass is 9.65. The van der Waals surface area contributed by atoms with Gasteiger partial charge in [0.15, 0.2) is 0 Å². The largest absolute Gasteiger partial charge is 0.314 e. The van der Waals surface area contributed by atoms with Crippen LogP contribution in [-0.2, 0) is 6.54 Å². The Bertz CT molecular complexity index is 431. The van der Waals surface area contributed by atoms with E-state index in [2.05, 4.69) is 62.1 Å². The van der Waals surface area contributed by atoms with Crippen molar-refractivity contribution >= 4 is 0 Å². The van der Waals surface area contributed by atoms with Crippen molar-refractivity contribution < 1.29 is 0 Å². The Balaban J connectivity index is 2.11. The van der Waals surface area contributed by atoms with Crippen molar-refractivity contribution in [3.8, 4) is 0 Å². The van der Waals surface area contributed by atoms with Crippen molar-refractivity contribution in [3.05, 3.63) is 18.0 Å². The summed E-state index contributed by atoms with van der Waals surface area (Å²) < 4.78 is 2.11. The van der Waals surface area contributed by atoms with Crippen LogP contribution in [0.2, 0.25) is 0 Å². The Morgan fingerprint density at radius 1 is 1.43 bits per heavy atom. The van der Waals surface area contributed by atoms with Gasteiger partial charge in [-0.3, -0.25) is 4.68 Å². The lowest BCUT2D eigenvalue weighted by Crippen LogP contribution is -2.37. The molecule has 1 fully saturated rings. The number of hydrogen-bond acceptors (Lipinski definition) is 2. The molecule has 2 rings (SSSR count). The second-order valence-corrected chi connectivity index (χ2v) is 7.87. The van der Waals surface area contributed by atoms with E-state index >= 15 is 0 Å². The fourth-order valence-electron chi connectivity index (χ4n) is 3.59. The van der Waals surface area contributed by atoms with Gasteiger partial charge in [0.05, 0.1) is 6.20 Å². The summed E-state index contributed by atoms with van der Waals surface area (Å²) in [7, 11) is 0. The van der Waals surface area contributed by atoms with E-state index < -0.39 is 0 Å². The van der Waals surface area contributed by atoms with Gasteiger partial charge in [0.2, 0.25) is 0 Å². The van der Waals surface area contributed by atoms with Crippen molar-refractivity contribution in [1.29, 1.82) is 0 Å². The molecule has 2 atom stereocenters. The minimum atomic E-state index is 0.464. The van der Waals surface area contributed by atoms with Crippen molar-refractivity contribution in [3.63, 3.8) is 0 Å². The van der Waals surface area contributed by atoms with Gasteiger partial charge in [-0.1, -0.05) is 34.6 Å². The van der Waals surface area contributed by atoms with Gasteiger partial charge in [-0.15, -0.1) is 0 Å². The van der Waals surface area contributed by atoms with Crippen LogP contribution in [-0.4, -0.2) is 22.4 Å². The first-order valence-corrected chi connectivity index (χ1v) is 8.67. The number of aryl methyl sites for hydroxylation is 1. The normalized spacial score (nSPS) is 25.4. The summed E-state index contributed by atoms with van der Waals surface area (Å²) in [5.74, 6) is 1.41. The average Bonchev–Trinajstić information content (AvgIpc) is 2.85. The van der Waals surface area contributed by atoms with Crippen LogP contribution in [0.4, 0.5) is 0 Å². The van der Waals surface area contributed by atoms with Gasteiger partial charge in [-0.05, 0) is 55.0 Å². The summed E-state index contributed by atoms with van der Waals surface area (Å²) in [5, 5.41) is 8.20. The summed E-state index contributed by atoms with van der Waals surface area (Å²) in [6.45, 7) is 13.7. The minimum Gasteiger partial charge on any atom is -0.314 e. The number of aromatic nitrogens is 2. The molecule has 1 saturated carbocycles. The highest BCUT2D eigenvalue weighted by atomic mass is 15.3. The predicted octanol–water partition coefficient (Wildman–Crippen LogP) is 4.20. The molecule has 0 aliphatic heterocycles. The fraction of sp³-hybridized carbons (Fsp3) is 0.833. The van der Waals surface area contributed by atoms with E-state index in [0.29, 0.717) is 17.4 Å². The van der Waals surface area contributed by atoms with Gasteiger partial charge in [0, 0.05) is 18.8 Å². The molecule has 1 aromatic heterocycles. The molecule has 120 valence electrons. The van der Waals surface area contributed by atoms with Crippen molar-refractivity contribution in [2.24, 2.45) is 11.3 Å². The van der Waals surface area contributed by atoms with Gasteiger partial charge in [-0.2, -0.15) is 5.10 Å². The van der Waals surface area contributed by atoms with Gasteiger partial charge >= 0.3 is 0 Å². The highest BCUT2D eigenvalue weighted by Gasteiger charge is 2.36. The van der Waals surface area contributed by atoms with Crippen LogP contribution < -0.4 is 5.32 Å². The van der Waals surface area contributed by atoms with E-state index in [9.17, 15) is 0 Å². The molecule has 0 spiro atoms. The Kier molecular flexibility index (Phi) is 5.48. The van der Waals surface area contributed by atoms with E-state index in [1.807, 2.05) is 0 Å². The van der Waals surface area contributed by atoms with Crippen LogP contribution in [0.5, 0.6) is 0 Å². The smallest absolute Gasteiger partial charge is 0.0524 e. The maximum absolute atomic E-state index is 4.55. The molecule has 0 bridgehead atoms. The maximum atomic E-state index is 4.55. The zero-order valence-corrected chi connectivity index (χ0v) is 14.5. The third kappa shape index (κ3) is 4.57. The molecule has 3 heteroatoms. The Morgan fingerprint density at radius 3 is 2.86 bits per heavy atom. The number of rotatable bonds is 6. The standard InChI is InChI=1S/C18H33N3/c1-6-9-21-13-16(12-20-21)17-10-18(4,5)8-7-15(17)11-19-14(2)3/h12-15,17,19H,6-11H2,1-5H3. The summed E-state index contributed by atoms with van der Waals surface area (Å²) in [5.41, 5.74) is 1.91. The number of nitrogens with zero attached hydrogens (tertiary/aromatic N) is 2. The van der Waals surface area contributed by atoms with E-state index in [-0.39, 0.29) is 0 Å². The SMILES string of the molecule is CCCn1cc(C2CC(C)(C)CCC2CNC(C)C)cn1. The second-order valence-electron chi connectivity index (χ2n) is 7.87. The molecule has 1 aliphatic carbocycles. The molecule has 1 heterocycles. The molecular weight excluding hydrogens is 258 g/mol. The molecule has 0 aromatic carbocycles. The molecule has 3 nitrogen and oxygen atoms in total. The molecular formula is C18H33N3. The van der Waals surface area contributed by atoms with Gasteiger partial charge in [-0.25, -0.2) is 0 Å². The van der Waals surface area contributed by atoms with Crippen LogP contribution in [0.1, 0.15) is 71.8 Å². The molecule has 1 N–H and O–H groups in total. The highest BCUT2D eigenvalue weighted by Crippen LogP contribution is 2.46. The summed E-state index contributed by atoms with van der Waals surface area (Å²) in [6.07, 6.45) is 9.51. The minimum absolute atomic E-state index is 0.464. The Hall–Kier alpha value is -0.830. The molecule has 1 aromatic rings. The number of hydrogen-bond donors (Lipinski definition) is 1. The number of nitrogens with one attached hydrogen (secondary N) is 1. The van der Waals surface area contributed by atoms with Gasteiger partial charge in [0.1, 0.15) is 0 Å². The summed E-state index contributed by atoms with van der Waals surface area (Å²) >= 11 is 0.